The van der Waals surface area contributed by atoms with Gasteiger partial charge in [-0.25, -0.2) is 4.98 Å². The van der Waals surface area contributed by atoms with Gasteiger partial charge in [0, 0.05) is 17.4 Å². The first-order valence-electron chi connectivity index (χ1n) is 9.51. The van der Waals surface area contributed by atoms with Crippen LogP contribution in [-0.2, 0) is 13.0 Å². The van der Waals surface area contributed by atoms with Crippen molar-refractivity contribution in [1.29, 1.82) is 0 Å². The molecule has 2 heterocycles. The van der Waals surface area contributed by atoms with E-state index < -0.39 is 0 Å². The molecule has 0 bridgehead atoms. The minimum absolute atomic E-state index is 0.206. The zero-order chi connectivity index (χ0) is 18.4. The van der Waals surface area contributed by atoms with Crippen molar-refractivity contribution in [3.05, 3.63) is 75.8 Å². The number of rotatable bonds is 3. The number of nitrogens with one attached hydrogen (secondary N) is 2. The number of quaternary nitrogens is 1. The lowest BCUT2D eigenvalue weighted by Crippen LogP contribution is -3.08. The molecule has 4 aromatic rings. The van der Waals surface area contributed by atoms with Crippen LogP contribution in [-0.4, -0.2) is 17.0 Å². The minimum atomic E-state index is -0.206. The highest BCUT2D eigenvalue weighted by molar-refractivity contribution is 6.01. The summed E-state index contributed by atoms with van der Waals surface area (Å²) in [6.07, 6.45) is 3.51. The van der Waals surface area contributed by atoms with Crippen molar-refractivity contribution in [1.82, 2.24) is 9.97 Å². The molecular formula is C22H22N3O2+. The summed E-state index contributed by atoms with van der Waals surface area (Å²) in [6.45, 7) is 0.670. The molecule has 136 valence electrons. The summed E-state index contributed by atoms with van der Waals surface area (Å²) in [5, 5.41) is 0.889. The van der Waals surface area contributed by atoms with Crippen LogP contribution in [0.2, 0.25) is 0 Å². The highest BCUT2D eigenvalue weighted by Gasteiger charge is 2.27. The van der Waals surface area contributed by atoms with Gasteiger partial charge in [0.15, 0.2) is 5.82 Å². The van der Waals surface area contributed by atoms with E-state index in [0.717, 1.165) is 18.2 Å². The number of nitrogens with zero attached hydrogens (tertiary/aromatic N) is 1. The van der Waals surface area contributed by atoms with Gasteiger partial charge in [-0.15, -0.1) is 0 Å². The van der Waals surface area contributed by atoms with E-state index in [4.69, 9.17) is 9.40 Å². The number of para-hydroxylation sites is 1. The Hall–Kier alpha value is -2.92. The Balaban J connectivity index is 1.51. The molecule has 5 heteroatoms. The van der Waals surface area contributed by atoms with Gasteiger partial charge in [0.25, 0.3) is 5.56 Å². The van der Waals surface area contributed by atoms with E-state index in [1.54, 1.807) is 0 Å². The Morgan fingerprint density at radius 3 is 2.93 bits per heavy atom. The van der Waals surface area contributed by atoms with Gasteiger partial charge in [-0.2, -0.15) is 0 Å². The smallest absolute Gasteiger partial charge is 0.294 e. The van der Waals surface area contributed by atoms with Crippen molar-refractivity contribution in [2.75, 3.05) is 7.05 Å². The first kappa shape index (κ1) is 16.3. The minimum Gasteiger partial charge on any atom is -0.449 e. The van der Waals surface area contributed by atoms with E-state index >= 15 is 0 Å². The molecule has 0 saturated carbocycles. The Kier molecular flexibility index (Phi) is 3.83. The molecule has 2 atom stereocenters. The van der Waals surface area contributed by atoms with Crippen molar-refractivity contribution in [2.45, 2.75) is 31.8 Å². The number of hydrogen-bond acceptors (Lipinski definition) is 3. The number of fused-ring (bicyclic) bond motifs is 4. The van der Waals surface area contributed by atoms with Gasteiger partial charge >= 0.3 is 0 Å². The van der Waals surface area contributed by atoms with Gasteiger partial charge in [0.2, 0.25) is 5.58 Å². The second-order valence-electron chi connectivity index (χ2n) is 7.46. The lowest BCUT2D eigenvalue weighted by molar-refractivity contribution is -0.927. The lowest BCUT2D eigenvalue weighted by atomic mass is 9.87. The SMILES string of the molecule is C[NH+](Cc1nc2c(oc3ccccc32)c(=O)[nH]1)[C@H]1CCCc2ccccc21. The molecule has 2 N–H and O–H groups in total. The fraction of sp³-hybridized carbons (Fsp3) is 0.273. The number of aromatic nitrogens is 2. The maximum atomic E-state index is 12.5. The first-order valence-corrected chi connectivity index (χ1v) is 9.51. The molecule has 1 unspecified atom stereocenters. The molecule has 5 nitrogen and oxygen atoms in total. The zero-order valence-corrected chi connectivity index (χ0v) is 15.3. The van der Waals surface area contributed by atoms with Crippen LogP contribution in [0.4, 0.5) is 0 Å². The second-order valence-corrected chi connectivity index (χ2v) is 7.46. The van der Waals surface area contributed by atoms with E-state index in [2.05, 4.69) is 36.3 Å². The van der Waals surface area contributed by atoms with Gasteiger partial charge in [-0.3, -0.25) is 4.79 Å². The molecule has 2 aromatic carbocycles. The molecule has 0 spiro atoms. The largest absolute Gasteiger partial charge is 0.449 e. The predicted molar refractivity (Wildman–Crippen MR) is 105 cm³/mol. The molecule has 2 aromatic heterocycles. The standard InChI is InChI=1S/C22H21N3O2/c1-25(17-11-6-8-14-7-2-3-9-15(14)17)13-19-23-20-16-10-4-5-12-18(16)27-21(20)22(26)24-19/h2-5,7,9-10,12,17H,6,8,11,13H2,1H3,(H,23,24,26)/p+1/t17-/m0/s1. The van der Waals surface area contributed by atoms with Crippen molar-refractivity contribution in [2.24, 2.45) is 0 Å². The molecule has 5 rings (SSSR count). The van der Waals surface area contributed by atoms with E-state index in [-0.39, 0.29) is 5.56 Å². The molecule has 0 radical (unpaired) electrons. The van der Waals surface area contributed by atoms with Gasteiger partial charge < -0.3 is 14.3 Å². The molecule has 1 aliphatic rings. The number of furan rings is 1. The highest BCUT2D eigenvalue weighted by Crippen LogP contribution is 2.27. The quantitative estimate of drug-likeness (QED) is 0.590. The fourth-order valence-electron chi connectivity index (χ4n) is 4.38. The van der Waals surface area contributed by atoms with Gasteiger partial charge in [-0.05, 0) is 30.5 Å². The molecule has 0 saturated heterocycles. The van der Waals surface area contributed by atoms with Crippen molar-refractivity contribution >= 4 is 22.1 Å². The summed E-state index contributed by atoms with van der Waals surface area (Å²) < 4.78 is 5.69. The molecule has 0 fully saturated rings. The average Bonchev–Trinajstić information content (AvgIpc) is 3.07. The monoisotopic (exact) mass is 360 g/mol. The van der Waals surface area contributed by atoms with E-state index in [9.17, 15) is 4.79 Å². The summed E-state index contributed by atoms with van der Waals surface area (Å²) in [6, 6.07) is 16.8. The van der Waals surface area contributed by atoms with E-state index in [1.165, 1.54) is 22.4 Å². The summed E-state index contributed by atoms with van der Waals surface area (Å²) in [4.78, 5) is 21.5. The molecule has 1 aliphatic carbocycles. The maximum Gasteiger partial charge on any atom is 0.294 e. The number of aryl methyl sites for hydroxylation is 1. The number of H-pyrrole nitrogens is 1. The van der Waals surface area contributed by atoms with Crippen LogP contribution in [0.15, 0.2) is 57.7 Å². The van der Waals surface area contributed by atoms with Crippen molar-refractivity contribution < 1.29 is 9.32 Å². The average molecular weight is 360 g/mol. The first-order chi connectivity index (χ1) is 13.2. The van der Waals surface area contributed by atoms with Gasteiger partial charge in [0.1, 0.15) is 23.7 Å². The topological polar surface area (TPSA) is 63.3 Å². The fourth-order valence-corrected chi connectivity index (χ4v) is 4.38. The van der Waals surface area contributed by atoms with Crippen LogP contribution in [0.3, 0.4) is 0 Å². The van der Waals surface area contributed by atoms with Crippen LogP contribution >= 0.6 is 0 Å². The molecule has 0 amide bonds. The Morgan fingerprint density at radius 2 is 2.00 bits per heavy atom. The zero-order valence-electron chi connectivity index (χ0n) is 15.3. The summed E-state index contributed by atoms with van der Waals surface area (Å²) in [5.74, 6) is 0.708. The van der Waals surface area contributed by atoms with Crippen LogP contribution in [0.1, 0.15) is 35.8 Å². The lowest BCUT2D eigenvalue weighted by Gasteiger charge is -2.30. The van der Waals surface area contributed by atoms with E-state index in [1.807, 2.05) is 24.3 Å². The molecular weight excluding hydrogens is 338 g/mol. The van der Waals surface area contributed by atoms with Crippen LogP contribution in [0.25, 0.3) is 22.1 Å². The van der Waals surface area contributed by atoms with Crippen LogP contribution in [0, 0.1) is 0 Å². The number of benzene rings is 2. The normalized spacial score (nSPS) is 17.9. The third-order valence-electron chi connectivity index (χ3n) is 5.69. The molecule has 27 heavy (non-hydrogen) atoms. The van der Waals surface area contributed by atoms with Crippen LogP contribution in [0.5, 0.6) is 0 Å². The summed E-state index contributed by atoms with van der Waals surface area (Å²) in [7, 11) is 2.18. The maximum absolute atomic E-state index is 12.5. The predicted octanol–water partition coefficient (Wildman–Crippen LogP) is 2.76. The van der Waals surface area contributed by atoms with Crippen molar-refractivity contribution in [3.63, 3.8) is 0 Å². The highest BCUT2D eigenvalue weighted by atomic mass is 16.3. The summed E-state index contributed by atoms with van der Waals surface area (Å²) >= 11 is 0. The number of hydrogen-bond donors (Lipinski definition) is 2. The van der Waals surface area contributed by atoms with E-state index in [0.29, 0.717) is 35.1 Å². The number of aromatic amines is 1. The molecule has 0 aliphatic heterocycles. The van der Waals surface area contributed by atoms with Crippen molar-refractivity contribution in [3.8, 4) is 0 Å². The van der Waals surface area contributed by atoms with Gasteiger partial charge in [-0.1, -0.05) is 36.4 Å². The second kappa shape index (κ2) is 6.35. The Labute approximate surface area is 156 Å². The third-order valence-corrected chi connectivity index (χ3v) is 5.69. The van der Waals surface area contributed by atoms with Gasteiger partial charge in [0.05, 0.1) is 7.05 Å². The summed E-state index contributed by atoms with van der Waals surface area (Å²) in [5.41, 5.74) is 4.33. The van der Waals surface area contributed by atoms with Crippen LogP contribution < -0.4 is 10.5 Å². The Morgan fingerprint density at radius 1 is 1.19 bits per heavy atom. The third kappa shape index (κ3) is 2.75. The Bertz CT molecular complexity index is 1190.